The van der Waals surface area contributed by atoms with E-state index in [-0.39, 0.29) is 29.6 Å². The smallest absolute Gasteiger partial charge is 0.387 e. The van der Waals surface area contributed by atoms with E-state index in [1.807, 2.05) is 0 Å². The molecule has 0 unspecified atom stereocenters. The number of aromatic nitrogens is 1. The number of carbonyl (C=O) groups excluding carboxylic acids is 1. The lowest BCUT2D eigenvalue weighted by atomic mass is 10.2. The Bertz CT molecular complexity index is 960. The van der Waals surface area contributed by atoms with E-state index in [0.29, 0.717) is 16.1 Å². The number of nitrogens with zero attached hydrogens (tertiary/aromatic N) is 1. The van der Waals surface area contributed by atoms with Gasteiger partial charge in [-0.05, 0) is 42.0 Å². The summed E-state index contributed by atoms with van der Waals surface area (Å²) in [6.45, 7) is -3.08. The van der Waals surface area contributed by atoms with Crippen molar-refractivity contribution in [1.82, 2.24) is 4.98 Å². The number of esters is 1. The highest BCUT2D eigenvalue weighted by atomic mass is 32.1. The molecule has 3 aromatic rings. The topological polar surface area (TPSA) is 57.7 Å². The summed E-state index contributed by atoms with van der Waals surface area (Å²) in [6, 6.07) is 9.99. The zero-order valence-corrected chi connectivity index (χ0v) is 15.3. The van der Waals surface area contributed by atoms with Crippen LogP contribution < -0.4 is 9.47 Å². The fourth-order valence-corrected chi connectivity index (χ4v) is 3.11. The molecule has 0 spiro atoms. The van der Waals surface area contributed by atoms with Gasteiger partial charge >= 0.3 is 12.6 Å². The number of halogens is 3. The van der Waals surface area contributed by atoms with E-state index in [0.717, 1.165) is 0 Å². The first-order chi connectivity index (χ1) is 13.5. The Morgan fingerprint density at radius 2 is 1.89 bits per heavy atom. The summed E-state index contributed by atoms with van der Waals surface area (Å²) in [7, 11) is 1.32. The zero-order chi connectivity index (χ0) is 20.1. The molecule has 2 aromatic carbocycles. The van der Waals surface area contributed by atoms with Crippen molar-refractivity contribution in [1.29, 1.82) is 0 Å². The summed E-state index contributed by atoms with van der Waals surface area (Å²) in [4.78, 5) is 16.4. The maximum absolute atomic E-state index is 13.0. The van der Waals surface area contributed by atoms with Gasteiger partial charge in [-0.25, -0.2) is 14.2 Å². The molecule has 0 saturated carbocycles. The van der Waals surface area contributed by atoms with Gasteiger partial charge in [-0.15, -0.1) is 11.3 Å². The Labute approximate surface area is 162 Å². The number of carbonyl (C=O) groups is 1. The van der Waals surface area contributed by atoms with Crippen LogP contribution in [0.25, 0.3) is 10.6 Å². The van der Waals surface area contributed by atoms with Gasteiger partial charge in [0.25, 0.3) is 0 Å². The predicted octanol–water partition coefficient (Wildman–Crippen LogP) is 4.92. The Hall–Kier alpha value is -3.07. The molecule has 0 saturated heterocycles. The van der Waals surface area contributed by atoms with Gasteiger partial charge in [0.15, 0.2) is 17.2 Å². The zero-order valence-electron chi connectivity index (χ0n) is 14.5. The normalized spacial score (nSPS) is 10.8. The second kappa shape index (κ2) is 8.75. The molecule has 0 N–H and O–H groups in total. The monoisotopic (exact) mass is 409 g/mol. The van der Waals surface area contributed by atoms with Crippen molar-refractivity contribution < 1.29 is 32.2 Å². The second-order valence-corrected chi connectivity index (χ2v) is 6.34. The lowest BCUT2D eigenvalue weighted by Crippen LogP contribution is -2.07. The maximum Gasteiger partial charge on any atom is 0.387 e. The largest absolute Gasteiger partial charge is 0.493 e. The van der Waals surface area contributed by atoms with Gasteiger partial charge in [0.2, 0.25) is 0 Å². The molecule has 0 radical (unpaired) electrons. The first kappa shape index (κ1) is 19.7. The molecule has 0 fully saturated rings. The number of hydrogen-bond acceptors (Lipinski definition) is 6. The molecule has 5 nitrogen and oxygen atoms in total. The minimum atomic E-state index is -2.97. The SMILES string of the molecule is COc1cc(COC(=O)c2csc(-c3ccc(F)cc3)n2)ccc1OC(F)F. The van der Waals surface area contributed by atoms with Crippen LogP contribution in [-0.4, -0.2) is 24.7 Å². The number of thiazole rings is 1. The number of alkyl halides is 2. The molecule has 0 aliphatic rings. The third-order valence-electron chi connectivity index (χ3n) is 3.62. The average Bonchev–Trinajstić information content (AvgIpc) is 3.17. The summed E-state index contributed by atoms with van der Waals surface area (Å²) in [5.41, 5.74) is 1.33. The number of hydrogen-bond donors (Lipinski definition) is 0. The third-order valence-corrected chi connectivity index (χ3v) is 4.51. The van der Waals surface area contributed by atoms with Gasteiger partial charge < -0.3 is 14.2 Å². The molecule has 3 rings (SSSR count). The number of benzene rings is 2. The minimum Gasteiger partial charge on any atom is -0.493 e. The van der Waals surface area contributed by atoms with E-state index >= 15 is 0 Å². The van der Waals surface area contributed by atoms with Gasteiger partial charge in [0, 0.05) is 10.9 Å². The van der Waals surface area contributed by atoms with Crippen molar-refractivity contribution in [2.24, 2.45) is 0 Å². The van der Waals surface area contributed by atoms with Gasteiger partial charge in [-0.1, -0.05) is 6.07 Å². The van der Waals surface area contributed by atoms with Crippen LogP contribution in [0.2, 0.25) is 0 Å². The second-order valence-electron chi connectivity index (χ2n) is 5.48. The van der Waals surface area contributed by atoms with Crippen molar-refractivity contribution in [3.05, 3.63) is 64.9 Å². The number of methoxy groups -OCH3 is 1. The van der Waals surface area contributed by atoms with Crippen LogP contribution in [0.5, 0.6) is 11.5 Å². The lowest BCUT2D eigenvalue weighted by Gasteiger charge is -2.11. The van der Waals surface area contributed by atoms with E-state index in [9.17, 15) is 18.0 Å². The number of rotatable bonds is 7. The van der Waals surface area contributed by atoms with E-state index in [1.165, 1.54) is 48.8 Å². The van der Waals surface area contributed by atoms with Crippen molar-refractivity contribution in [3.63, 3.8) is 0 Å². The van der Waals surface area contributed by atoms with Crippen LogP contribution >= 0.6 is 11.3 Å². The molecule has 9 heteroatoms. The first-order valence-corrected chi connectivity index (χ1v) is 8.84. The fraction of sp³-hybridized carbons (Fsp3) is 0.158. The number of ether oxygens (including phenoxy) is 3. The van der Waals surface area contributed by atoms with E-state index in [1.54, 1.807) is 17.5 Å². The highest BCUT2D eigenvalue weighted by Gasteiger charge is 2.15. The van der Waals surface area contributed by atoms with Crippen molar-refractivity contribution >= 4 is 17.3 Å². The van der Waals surface area contributed by atoms with E-state index < -0.39 is 12.6 Å². The van der Waals surface area contributed by atoms with Gasteiger partial charge in [-0.3, -0.25) is 0 Å². The predicted molar refractivity (Wildman–Crippen MR) is 96.3 cm³/mol. The summed E-state index contributed by atoms with van der Waals surface area (Å²) in [5.74, 6) is -1.02. The molecule has 0 bridgehead atoms. The standard InChI is InChI=1S/C19H14F3NO4S/c1-25-16-8-11(2-7-15(16)27-19(21)22)9-26-18(24)14-10-28-17(23-14)12-3-5-13(20)6-4-12/h2-8,10,19H,9H2,1H3. The molecule has 0 aliphatic heterocycles. The Balaban J connectivity index is 1.65. The quantitative estimate of drug-likeness (QED) is 0.519. The molecule has 28 heavy (non-hydrogen) atoms. The van der Waals surface area contributed by atoms with Crippen LogP contribution in [0.4, 0.5) is 13.2 Å². The molecular formula is C19H14F3NO4S. The summed E-state index contributed by atoms with van der Waals surface area (Å²) < 4.78 is 52.2. The van der Waals surface area contributed by atoms with Crippen molar-refractivity contribution in [2.45, 2.75) is 13.2 Å². The Morgan fingerprint density at radius 3 is 2.57 bits per heavy atom. The van der Waals surface area contributed by atoms with Crippen LogP contribution in [0, 0.1) is 5.82 Å². The van der Waals surface area contributed by atoms with Gasteiger partial charge in [0.1, 0.15) is 17.4 Å². The van der Waals surface area contributed by atoms with Crippen molar-refractivity contribution in [2.75, 3.05) is 7.11 Å². The third kappa shape index (κ3) is 4.80. The molecule has 1 heterocycles. The molecule has 1 aromatic heterocycles. The lowest BCUT2D eigenvalue weighted by molar-refractivity contribution is -0.0512. The van der Waals surface area contributed by atoms with Crippen LogP contribution in [0.15, 0.2) is 47.8 Å². The maximum atomic E-state index is 13.0. The van der Waals surface area contributed by atoms with Gasteiger partial charge in [-0.2, -0.15) is 8.78 Å². The fourth-order valence-electron chi connectivity index (χ4n) is 2.31. The Morgan fingerprint density at radius 1 is 1.14 bits per heavy atom. The minimum absolute atomic E-state index is 0.0982. The molecule has 0 aliphatic carbocycles. The summed E-state index contributed by atoms with van der Waals surface area (Å²) in [5, 5.41) is 2.10. The summed E-state index contributed by atoms with van der Waals surface area (Å²) >= 11 is 1.23. The molecule has 146 valence electrons. The van der Waals surface area contributed by atoms with E-state index in [4.69, 9.17) is 9.47 Å². The van der Waals surface area contributed by atoms with Crippen LogP contribution in [0.1, 0.15) is 16.1 Å². The highest BCUT2D eigenvalue weighted by molar-refractivity contribution is 7.13. The van der Waals surface area contributed by atoms with Crippen molar-refractivity contribution in [3.8, 4) is 22.1 Å². The molecule has 0 amide bonds. The highest BCUT2D eigenvalue weighted by Crippen LogP contribution is 2.30. The molecule has 0 atom stereocenters. The van der Waals surface area contributed by atoms with Crippen LogP contribution in [0.3, 0.4) is 0 Å². The first-order valence-electron chi connectivity index (χ1n) is 7.96. The molecular weight excluding hydrogens is 395 g/mol. The van der Waals surface area contributed by atoms with Gasteiger partial charge in [0.05, 0.1) is 7.11 Å². The van der Waals surface area contributed by atoms with E-state index in [2.05, 4.69) is 9.72 Å². The summed E-state index contributed by atoms with van der Waals surface area (Å²) in [6.07, 6.45) is 0. The van der Waals surface area contributed by atoms with Crippen LogP contribution in [-0.2, 0) is 11.3 Å². The Kier molecular flexibility index (Phi) is 6.15. The average molecular weight is 409 g/mol.